The molecule has 16 heteroatoms. The highest BCUT2D eigenvalue weighted by Crippen LogP contribution is 2.29. The summed E-state index contributed by atoms with van der Waals surface area (Å²) in [7, 11) is 0. The van der Waals surface area contributed by atoms with Crippen molar-refractivity contribution in [2.45, 2.75) is 85.8 Å². The number of hydrogen-bond acceptors (Lipinski definition) is 16. The van der Waals surface area contributed by atoms with Crippen LogP contribution in [-0.4, -0.2) is 164 Å². The Bertz CT molecular complexity index is 950. The highest BCUT2D eigenvalue weighted by atomic mass is 16.7. The zero-order valence-corrected chi connectivity index (χ0v) is 21.9. The molecule has 0 saturated carbocycles. The standard InChI is InChI=1S/C25H38O16/c26-7-13-15(28)17(30)19(32)22(40-13)36-6-5-11-1-3-12(4-2-11)39-23-20(33)18(31)16(29)14(41-23)8-37-24-21(34)25(35,9-27)10-38-24/h1-4,13-24,26-35H,5-10H2/t13-,14-,15-,16-,17+,18+,19-,20-,21+,22-,23-,24-,25-/m1/s1. The predicted octanol–water partition coefficient (Wildman–Crippen LogP) is -5.31. The third-order valence-corrected chi connectivity index (χ3v) is 7.37. The van der Waals surface area contributed by atoms with Crippen LogP contribution in [0.2, 0.25) is 0 Å². The van der Waals surface area contributed by atoms with Crippen LogP contribution in [0.25, 0.3) is 0 Å². The molecule has 0 spiro atoms. The van der Waals surface area contributed by atoms with Crippen molar-refractivity contribution in [2.24, 2.45) is 0 Å². The molecule has 1 aromatic rings. The molecule has 0 aromatic heterocycles. The summed E-state index contributed by atoms with van der Waals surface area (Å²) in [6.07, 6.45) is -16.9. The molecule has 0 bridgehead atoms. The Labute approximate surface area is 234 Å². The molecule has 4 rings (SSSR count). The molecular weight excluding hydrogens is 556 g/mol. The Morgan fingerprint density at radius 1 is 0.732 bits per heavy atom. The quantitative estimate of drug-likeness (QED) is 0.115. The van der Waals surface area contributed by atoms with E-state index >= 15 is 0 Å². The van der Waals surface area contributed by atoms with Crippen molar-refractivity contribution in [3.63, 3.8) is 0 Å². The maximum Gasteiger partial charge on any atom is 0.229 e. The highest BCUT2D eigenvalue weighted by molar-refractivity contribution is 5.27. The Balaban J connectivity index is 1.27. The minimum Gasteiger partial charge on any atom is -0.462 e. The fourth-order valence-corrected chi connectivity index (χ4v) is 4.64. The largest absolute Gasteiger partial charge is 0.462 e. The fraction of sp³-hybridized carbons (Fsp3) is 0.760. The molecule has 41 heavy (non-hydrogen) atoms. The number of aliphatic hydroxyl groups excluding tert-OH is 9. The lowest BCUT2D eigenvalue weighted by Crippen LogP contribution is -2.60. The average molecular weight is 595 g/mol. The Morgan fingerprint density at radius 2 is 1.34 bits per heavy atom. The van der Waals surface area contributed by atoms with Gasteiger partial charge in [-0.3, -0.25) is 0 Å². The molecule has 234 valence electrons. The van der Waals surface area contributed by atoms with Gasteiger partial charge in [0.2, 0.25) is 6.29 Å². The summed E-state index contributed by atoms with van der Waals surface area (Å²) < 4.78 is 32.6. The SMILES string of the molecule is OC[C@H]1O[C@@H](OCCc2ccc(O[C@@H]3O[C@H](CO[C@@H]4OC[C@](O)(CO)[C@H]4O)[C@@H](O)[C@H](O)[C@H]3O)cc2)[C@H](O)[C@@H](O)[C@@H]1O. The summed E-state index contributed by atoms with van der Waals surface area (Å²) in [6, 6.07) is 6.46. The van der Waals surface area contributed by atoms with Crippen molar-refractivity contribution in [1.29, 1.82) is 0 Å². The lowest BCUT2D eigenvalue weighted by Gasteiger charge is -2.40. The lowest BCUT2D eigenvalue weighted by molar-refractivity contribution is -0.300. The molecule has 3 aliphatic heterocycles. The molecule has 0 amide bonds. The van der Waals surface area contributed by atoms with Gasteiger partial charge in [0.05, 0.1) is 33.0 Å². The number of hydrogen-bond donors (Lipinski definition) is 10. The molecule has 1 aromatic carbocycles. The van der Waals surface area contributed by atoms with Crippen LogP contribution in [0.4, 0.5) is 0 Å². The van der Waals surface area contributed by atoms with E-state index in [1.165, 1.54) is 0 Å². The molecule has 3 saturated heterocycles. The van der Waals surface area contributed by atoms with Gasteiger partial charge in [-0.15, -0.1) is 0 Å². The molecule has 0 radical (unpaired) electrons. The van der Waals surface area contributed by atoms with Gasteiger partial charge in [0.1, 0.15) is 66.3 Å². The second kappa shape index (κ2) is 13.8. The predicted molar refractivity (Wildman–Crippen MR) is 131 cm³/mol. The van der Waals surface area contributed by atoms with Crippen LogP contribution < -0.4 is 4.74 Å². The van der Waals surface area contributed by atoms with E-state index in [1.54, 1.807) is 24.3 Å². The van der Waals surface area contributed by atoms with Gasteiger partial charge in [0, 0.05) is 0 Å². The highest BCUT2D eigenvalue weighted by Gasteiger charge is 2.50. The van der Waals surface area contributed by atoms with Crippen LogP contribution in [0.1, 0.15) is 5.56 Å². The van der Waals surface area contributed by atoms with E-state index < -0.39 is 99.2 Å². The van der Waals surface area contributed by atoms with Crippen LogP contribution in [0.15, 0.2) is 24.3 Å². The average Bonchev–Trinajstić information content (AvgIpc) is 3.26. The smallest absolute Gasteiger partial charge is 0.229 e. The van der Waals surface area contributed by atoms with E-state index in [1.807, 2.05) is 0 Å². The molecular formula is C25H38O16. The van der Waals surface area contributed by atoms with E-state index in [9.17, 15) is 51.1 Å². The molecule has 0 unspecified atom stereocenters. The topological polar surface area (TPSA) is 258 Å². The van der Waals surface area contributed by atoms with Gasteiger partial charge in [-0.25, -0.2) is 0 Å². The Hall–Kier alpha value is -1.58. The van der Waals surface area contributed by atoms with Gasteiger partial charge < -0.3 is 79.5 Å². The summed E-state index contributed by atoms with van der Waals surface area (Å²) in [5.41, 5.74) is -1.14. The molecule has 10 N–H and O–H groups in total. The first-order valence-electron chi connectivity index (χ1n) is 13.1. The third kappa shape index (κ3) is 7.15. The summed E-state index contributed by atoms with van der Waals surface area (Å²) in [4.78, 5) is 0. The van der Waals surface area contributed by atoms with Crippen LogP contribution >= 0.6 is 0 Å². The summed E-state index contributed by atoms with van der Waals surface area (Å²) in [5, 5.41) is 99.4. The molecule has 16 nitrogen and oxygen atoms in total. The van der Waals surface area contributed by atoms with Crippen molar-refractivity contribution in [3.05, 3.63) is 29.8 Å². The molecule has 0 aliphatic carbocycles. The maximum absolute atomic E-state index is 10.4. The molecule has 3 aliphatic rings. The van der Waals surface area contributed by atoms with E-state index in [0.717, 1.165) is 5.56 Å². The minimum absolute atomic E-state index is 0.0637. The lowest BCUT2D eigenvalue weighted by atomic mass is 9.99. The second-order valence-electron chi connectivity index (χ2n) is 10.3. The Morgan fingerprint density at radius 3 is 1.95 bits per heavy atom. The van der Waals surface area contributed by atoms with Crippen molar-refractivity contribution < 1.29 is 79.5 Å². The number of ether oxygens (including phenoxy) is 6. The first kappa shape index (κ1) is 32.3. The van der Waals surface area contributed by atoms with Crippen LogP contribution in [-0.2, 0) is 30.1 Å². The van der Waals surface area contributed by atoms with E-state index in [0.29, 0.717) is 6.42 Å². The Kier molecular flexibility index (Phi) is 10.9. The van der Waals surface area contributed by atoms with Crippen LogP contribution in [0.3, 0.4) is 0 Å². The zero-order valence-electron chi connectivity index (χ0n) is 21.9. The van der Waals surface area contributed by atoms with Gasteiger partial charge in [0.25, 0.3) is 0 Å². The summed E-state index contributed by atoms with van der Waals surface area (Å²) >= 11 is 0. The van der Waals surface area contributed by atoms with Gasteiger partial charge in [-0.2, -0.15) is 0 Å². The van der Waals surface area contributed by atoms with Crippen molar-refractivity contribution in [2.75, 3.05) is 33.0 Å². The van der Waals surface area contributed by atoms with Gasteiger partial charge in [-0.05, 0) is 24.1 Å². The maximum atomic E-state index is 10.4. The van der Waals surface area contributed by atoms with Crippen molar-refractivity contribution in [3.8, 4) is 5.75 Å². The van der Waals surface area contributed by atoms with Gasteiger partial charge in [-0.1, -0.05) is 12.1 Å². The fourth-order valence-electron chi connectivity index (χ4n) is 4.64. The number of aliphatic hydroxyl groups is 10. The van der Waals surface area contributed by atoms with E-state index in [2.05, 4.69) is 0 Å². The summed E-state index contributed by atoms with van der Waals surface area (Å²) in [5.74, 6) is 0.249. The first-order chi connectivity index (χ1) is 19.5. The molecule has 3 fully saturated rings. The molecule has 13 atom stereocenters. The van der Waals surface area contributed by atoms with Crippen LogP contribution in [0, 0.1) is 0 Å². The zero-order chi connectivity index (χ0) is 29.9. The number of benzene rings is 1. The van der Waals surface area contributed by atoms with Gasteiger partial charge in [0.15, 0.2) is 12.6 Å². The molecule has 3 heterocycles. The van der Waals surface area contributed by atoms with Gasteiger partial charge >= 0.3 is 0 Å². The normalized spacial score (nSPS) is 43.3. The van der Waals surface area contributed by atoms with E-state index in [4.69, 9.17) is 28.4 Å². The van der Waals surface area contributed by atoms with Crippen molar-refractivity contribution in [1.82, 2.24) is 0 Å². The monoisotopic (exact) mass is 594 g/mol. The van der Waals surface area contributed by atoms with E-state index in [-0.39, 0.29) is 19.0 Å². The van der Waals surface area contributed by atoms with Crippen molar-refractivity contribution >= 4 is 0 Å². The van der Waals surface area contributed by atoms with Crippen LogP contribution in [0.5, 0.6) is 5.75 Å². The third-order valence-electron chi connectivity index (χ3n) is 7.37. The summed E-state index contributed by atoms with van der Waals surface area (Å²) in [6.45, 7) is -2.06. The number of rotatable bonds is 11. The minimum atomic E-state index is -1.91. The second-order valence-corrected chi connectivity index (χ2v) is 10.3. The first-order valence-corrected chi connectivity index (χ1v) is 13.1.